The summed E-state index contributed by atoms with van der Waals surface area (Å²) in [5.74, 6) is 0. The molecule has 0 unspecified atom stereocenters. The van der Waals surface area contributed by atoms with Crippen LogP contribution in [0.15, 0.2) is 0 Å². The van der Waals surface area contributed by atoms with Gasteiger partial charge in [0, 0.05) is 45.5 Å². The molecule has 0 N–H and O–H groups in total. The zero-order chi connectivity index (χ0) is 3.58. The van der Waals surface area contributed by atoms with Gasteiger partial charge in [-0.05, 0) is 0 Å². The van der Waals surface area contributed by atoms with Crippen LogP contribution >= 0.6 is 0 Å². The standard InChI is InChI=1S/3O.Ru.Sr. The molecule has 0 bridgehead atoms. The molecule has 5 heteroatoms. The Hall–Kier alpha value is 1.50. The van der Waals surface area contributed by atoms with E-state index in [0.717, 1.165) is 0 Å². The smallest absolute Gasteiger partial charge is 0 e. The van der Waals surface area contributed by atoms with Crippen LogP contribution in [-0.2, 0) is 26.5 Å². The molecule has 0 spiro atoms. The Morgan fingerprint density at radius 3 is 1.00 bits per heavy atom. The van der Waals surface area contributed by atoms with E-state index in [-0.39, 0.29) is 45.5 Å². The minimum Gasteiger partial charge on any atom is 0 e. The monoisotopic (exact) mass is 238 g/mol. The van der Waals surface area contributed by atoms with Gasteiger partial charge >= 0.3 is 26.5 Å². The Morgan fingerprint density at radius 2 is 1.00 bits per heavy atom. The molecule has 0 saturated carbocycles. The fourth-order valence-electron chi connectivity index (χ4n) is 0. The zero-order valence-electron chi connectivity index (χ0n) is 2.29. The van der Waals surface area contributed by atoms with E-state index < -0.39 is 15.8 Å². The van der Waals surface area contributed by atoms with E-state index in [4.69, 9.17) is 10.7 Å². The van der Waals surface area contributed by atoms with Crippen molar-refractivity contribution in [2.75, 3.05) is 0 Å². The van der Waals surface area contributed by atoms with E-state index in [0.29, 0.717) is 0 Å². The van der Waals surface area contributed by atoms with E-state index in [2.05, 4.69) is 0 Å². The molecule has 0 aromatic carbocycles. The second-order valence-electron chi connectivity index (χ2n) is 0.177. The average Bonchev–Trinajstić information content (AvgIpc) is 0.811. The van der Waals surface area contributed by atoms with Gasteiger partial charge in [0.25, 0.3) is 0 Å². The Bertz CT molecular complexity index is 76.3. The van der Waals surface area contributed by atoms with Crippen LogP contribution in [0.1, 0.15) is 0 Å². The van der Waals surface area contributed by atoms with Crippen molar-refractivity contribution in [3.8, 4) is 0 Å². The van der Waals surface area contributed by atoms with E-state index in [1.165, 1.54) is 0 Å². The van der Waals surface area contributed by atoms with Gasteiger partial charge in [0.05, 0.1) is 0 Å². The molecular formula is O3RuSr. The van der Waals surface area contributed by atoms with E-state index in [1.54, 1.807) is 0 Å². The summed E-state index contributed by atoms with van der Waals surface area (Å²) in [5, 5.41) is 0. The van der Waals surface area contributed by atoms with Crippen LogP contribution in [0.2, 0.25) is 0 Å². The molecule has 0 amide bonds. The number of hydrogen-bond acceptors (Lipinski definition) is 3. The van der Waals surface area contributed by atoms with Gasteiger partial charge in [-0.2, -0.15) is 0 Å². The zero-order valence-corrected chi connectivity index (χ0v) is 7.50. The summed E-state index contributed by atoms with van der Waals surface area (Å²) in [6.45, 7) is 0. The normalized spacial score (nSPS) is 6.60. The molecule has 0 rings (SSSR count). The fraction of sp³-hybridized carbons (Fsp3) is 0. The molecule has 0 aliphatic rings. The quantitative estimate of drug-likeness (QED) is 0.521. The molecule has 0 aromatic rings. The van der Waals surface area contributed by atoms with Gasteiger partial charge in [-0.1, -0.05) is 0 Å². The summed E-state index contributed by atoms with van der Waals surface area (Å²) in [5.41, 5.74) is 0. The second-order valence-corrected chi connectivity index (χ2v) is 1.05. The van der Waals surface area contributed by atoms with Crippen molar-refractivity contribution in [1.29, 1.82) is 0 Å². The van der Waals surface area contributed by atoms with Gasteiger partial charge in [-0.3, -0.25) is 0 Å². The first-order valence-electron chi connectivity index (χ1n) is 0.433. The van der Waals surface area contributed by atoms with Crippen LogP contribution in [0.5, 0.6) is 0 Å². The third-order valence-electron chi connectivity index (χ3n) is 0. The molecule has 0 saturated heterocycles. The van der Waals surface area contributed by atoms with Gasteiger partial charge in [-0.15, -0.1) is 0 Å². The fourth-order valence-corrected chi connectivity index (χ4v) is 0. The molecule has 0 atom stereocenters. The van der Waals surface area contributed by atoms with Crippen molar-refractivity contribution >= 4 is 45.5 Å². The molecule has 0 aliphatic carbocycles. The maximum Gasteiger partial charge on any atom is 0 e. The topological polar surface area (TPSA) is 51.2 Å². The molecular weight excluding hydrogens is 237 g/mol. The van der Waals surface area contributed by atoms with Gasteiger partial charge < -0.3 is 0 Å². The summed E-state index contributed by atoms with van der Waals surface area (Å²) >= 11 is -3.92. The van der Waals surface area contributed by atoms with Crippen molar-refractivity contribution in [2.45, 2.75) is 0 Å². The summed E-state index contributed by atoms with van der Waals surface area (Å²) in [6.07, 6.45) is 0. The largest absolute Gasteiger partial charge is 0 e. The Labute approximate surface area is 70.7 Å². The Balaban J connectivity index is 0. The van der Waals surface area contributed by atoms with Crippen LogP contribution in [0.4, 0.5) is 0 Å². The van der Waals surface area contributed by atoms with Crippen molar-refractivity contribution < 1.29 is 26.5 Å². The maximum absolute atomic E-state index is 8.56. The predicted molar refractivity (Wildman–Crippen MR) is 7.81 cm³/mol. The molecule has 0 heterocycles. The summed E-state index contributed by atoms with van der Waals surface area (Å²) in [6, 6.07) is 0. The van der Waals surface area contributed by atoms with E-state index in [9.17, 15) is 0 Å². The van der Waals surface area contributed by atoms with Crippen molar-refractivity contribution in [3.05, 3.63) is 0 Å². The van der Waals surface area contributed by atoms with Crippen molar-refractivity contribution in [1.82, 2.24) is 0 Å². The van der Waals surface area contributed by atoms with E-state index in [1.807, 2.05) is 0 Å². The third kappa shape index (κ3) is 29.9. The minimum atomic E-state index is -3.92. The van der Waals surface area contributed by atoms with Crippen molar-refractivity contribution in [2.24, 2.45) is 0 Å². The first-order chi connectivity index (χ1) is 1.73. The first kappa shape index (κ1) is 9.71. The maximum atomic E-state index is 8.56. The molecule has 0 fully saturated rings. The van der Waals surface area contributed by atoms with Crippen LogP contribution in [0.3, 0.4) is 0 Å². The molecule has 3 nitrogen and oxygen atoms in total. The van der Waals surface area contributed by atoms with Crippen LogP contribution in [0, 0.1) is 0 Å². The third-order valence-corrected chi connectivity index (χ3v) is 0. The Morgan fingerprint density at radius 1 is 1.00 bits per heavy atom. The first-order valence-corrected chi connectivity index (χ1v) is 2.56. The number of rotatable bonds is 0. The van der Waals surface area contributed by atoms with Crippen LogP contribution < -0.4 is 0 Å². The van der Waals surface area contributed by atoms with Crippen LogP contribution in [0.25, 0.3) is 0 Å². The summed E-state index contributed by atoms with van der Waals surface area (Å²) in [4.78, 5) is 0. The Kier molecular flexibility index (Phi) is 10.7. The van der Waals surface area contributed by atoms with E-state index >= 15 is 0 Å². The average molecular weight is 237 g/mol. The SMILES string of the molecule is [O]=[Ru](=[O])=[O].[Sr]. The van der Waals surface area contributed by atoms with Gasteiger partial charge in [0.15, 0.2) is 0 Å². The molecule has 28 valence electrons. The second kappa shape index (κ2) is 5.50. The molecule has 0 aromatic heterocycles. The van der Waals surface area contributed by atoms with Crippen LogP contribution in [-0.4, -0.2) is 45.5 Å². The molecule has 5 heavy (non-hydrogen) atoms. The minimum absolute atomic E-state index is 0. The molecule has 2 radical (unpaired) electrons. The van der Waals surface area contributed by atoms with Gasteiger partial charge in [0.2, 0.25) is 0 Å². The predicted octanol–water partition coefficient (Wildman–Crippen LogP) is -0.740. The number of hydrogen-bond donors (Lipinski definition) is 0. The summed E-state index contributed by atoms with van der Waals surface area (Å²) in [7, 11) is 0. The molecule has 0 aliphatic heterocycles. The van der Waals surface area contributed by atoms with Gasteiger partial charge in [-0.25, -0.2) is 0 Å². The summed E-state index contributed by atoms with van der Waals surface area (Å²) < 4.78 is 25.7. The van der Waals surface area contributed by atoms with Gasteiger partial charge in [0.1, 0.15) is 0 Å². The van der Waals surface area contributed by atoms with Crippen molar-refractivity contribution in [3.63, 3.8) is 0 Å².